The van der Waals surface area contributed by atoms with E-state index in [2.05, 4.69) is 12.2 Å². The van der Waals surface area contributed by atoms with Crippen molar-refractivity contribution in [2.24, 2.45) is 5.92 Å². The van der Waals surface area contributed by atoms with Crippen LogP contribution in [0, 0.1) is 11.7 Å². The molecule has 0 spiro atoms. The Morgan fingerprint density at radius 3 is 2.58 bits per heavy atom. The Morgan fingerprint density at radius 2 is 2.00 bits per heavy atom. The number of nitrogens with one attached hydrogen (secondary N) is 1. The number of para-hydroxylation sites is 1. The Balaban J connectivity index is 0.00000288. The molecule has 1 atom stereocenters. The first kappa shape index (κ1) is 20.7. The van der Waals surface area contributed by atoms with E-state index in [1.54, 1.807) is 18.2 Å². The van der Waals surface area contributed by atoms with E-state index >= 15 is 0 Å². The molecule has 136 valence electrons. The number of benzene rings is 1. The van der Waals surface area contributed by atoms with Crippen LogP contribution in [0.5, 0.6) is 5.75 Å². The van der Waals surface area contributed by atoms with Gasteiger partial charge < -0.3 is 15.0 Å². The first-order chi connectivity index (χ1) is 11.2. The monoisotopic (exact) mass is 358 g/mol. The molecule has 1 aliphatic heterocycles. The lowest BCUT2D eigenvalue weighted by molar-refractivity contribution is -0.140. The summed E-state index contributed by atoms with van der Waals surface area (Å²) in [6.07, 6.45) is 1.94. The van der Waals surface area contributed by atoms with Crippen molar-refractivity contribution in [1.82, 2.24) is 10.2 Å². The van der Waals surface area contributed by atoms with Gasteiger partial charge in [0.2, 0.25) is 0 Å². The van der Waals surface area contributed by atoms with Crippen LogP contribution in [-0.4, -0.2) is 43.1 Å². The highest BCUT2D eigenvalue weighted by molar-refractivity contribution is 5.85. The average molecular weight is 359 g/mol. The Hall–Kier alpha value is -1.33. The molecule has 4 nitrogen and oxygen atoms in total. The predicted octanol–water partition coefficient (Wildman–Crippen LogP) is 3.25. The number of hydrogen-bond acceptors (Lipinski definition) is 3. The summed E-state index contributed by atoms with van der Waals surface area (Å²) >= 11 is 0. The maximum Gasteiger partial charge on any atom is 0.263 e. The Morgan fingerprint density at radius 1 is 1.33 bits per heavy atom. The van der Waals surface area contributed by atoms with E-state index in [4.69, 9.17) is 4.74 Å². The van der Waals surface area contributed by atoms with Crippen LogP contribution >= 0.6 is 12.4 Å². The van der Waals surface area contributed by atoms with Crippen molar-refractivity contribution >= 4 is 18.3 Å². The molecule has 24 heavy (non-hydrogen) atoms. The number of amides is 1. The van der Waals surface area contributed by atoms with Crippen molar-refractivity contribution in [2.75, 3.05) is 26.2 Å². The topological polar surface area (TPSA) is 41.6 Å². The maximum atomic E-state index is 13.7. The third kappa shape index (κ3) is 5.64. The summed E-state index contributed by atoms with van der Waals surface area (Å²) in [7, 11) is 0. The van der Waals surface area contributed by atoms with Gasteiger partial charge in [-0.2, -0.15) is 0 Å². The molecule has 6 heteroatoms. The van der Waals surface area contributed by atoms with Crippen molar-refractivity contribution in [1.29, 1.82) is 0 Å². The minimum Gasteiger partial charge on any atom is -0.478 e. The Bertz CT molecular complexity index is 508. The molecule has 0 saturated carbocycles. The molecule has 1 amide bonds. The van der Waals surface area contributed by atoms with Gasteiger partial charge in [0.1, 0.15) is 0 Å². The van der Waals surface area contributed by atoms with Crippen molar-refractivity contribution in [3.63, 3.8) is 0 Å². The van der Waals surface area contributed by atoms with Crippen LogP contribution < -0.4 is 10.1 Å². The minimum absolute atomic E-state index is 0. The molecule has 0 aromatic heterocycles. The van der Waals surface area contributed by atoms with Gasteiger partial charge in [0.15, 0.2) is 17.7 Å². The number of piperidine rings is 1. The molecule has 1 unspecified atom stereocenters. The van der Waals surface area contributed by atoms with Gasteiger partial charge in [0.05, 0.1) is 0 Å². The highest BCUT2D eigenvalue weighted by Gasteiger charge is 2.28. The van der Waals surface area contributed by atoms with Gasteiger partial charge >= 0.3 is 0 Å². The number of hydrogen-bond donors (Lipinski definition) is 1. The molecule has 1 saturated heterocycles. The SMILES string of the molecule is CCNCC1CCN(C(=O)C(CC)Oc2ccccc2F)CC1.Cl. The zero-order valence-corrected chi connectivity index (χ0v) is 15.3. The van der Waals surface area contributed by atoms with Crippen molar-refractivity contribution in [3.8, 4) is 5.75 Å². The van der Waals surface area contributed by atoms with Crippen LogP contribution in [-0.2, 0) is 4.79 Å². The summed E-state index contributed by atoms with van der Waals surface area (Å²) in [5, 5.41) is 3.37. The van der Waals surface area contributed by atoms with Gasteiger partial charge in [0, 0.05) is 13.1 Å². The summed E-state index contributed by atoms with van der Waals surface area (Å²) in [6, 6.07) is 6.23. The van der Waals surface area contributed by atoms with E-state index in [-0.39, 0.29) is 24.1 Å². The van der Waals surface area contributed by atoms with Crippen LogP contribution in [0.3, 0.4) is 0 Å². The molecule has 1 aromatic rings. The molecule has 1 fully saturated rings. The van der Waals surface area contributed by atoms with Crippen LogP contribution in [0.1, 0.15) is 33.1 Å². The zero-order valence-electron chi connectivity index (χ0n) is 14.5. The number of ether oxygens (including phenoxy) is 1. The zero-order chi connectivity index (χ0) is 16.7. The lowest BCUT2D eigenvalue weighted by Crippen LogP contribution is -2.46. The van der Waals surface area contributed by atoms with Crippen LogP contribution in [0.25, 0.3) is 0 Å². The minimum atomic E-state index is -0.614. The van der Waals surface area contributed by atoms with E-state index in [1.165, 1.54) is 6.07 Å². The first-order valence-corrected chi connectivity index (χ1v) is 8.56. The largest absolute Gasteiger partial charge is 0.478 e. The van der Waals surface area contributed by atoms with Crippen molar-refractivity contribution in [2.45, 2.75) is 39.2 Å². The number of nitrogens with zero attached hydrogens (tertiary/aromatic N) is 1. The van der Waals surface area contributed by atoms with E-state index in [0.29, 0.717) is 12.3 Å². The predicted molar refractivity (Wildman–Crippen MR) is 96.2 cm³/mol. The Kier molecular flexibility index (Phi) is 9.08. The molecule has 0 aliphatic carbocycles. The van der Waals surface area contributed by atoms with Crippen molar-refractivity contribution < 1.29 is 13.9 Å². The molecule has 0 bridgehead atoms. The fourth-order valence-corrected chi connectivity index (χ4v) is 2.91. The molecule has 1 aliphatic rings. The second-order valence-corrected chi connectivity index (χ2v) is 6.02. The normalized spacial score (nSPS) is 16.4. The molecular formula is C18H28ClFN2O2. The average Bonchev–Trinajstić information content (AvgIpc) is 2.59. The summed E-state index contributed by atoms with van der Waals surface area (Å²) in [4.78, 5) is 14.5. The molecule has 0 radical (unpaired) electrons. The Labute approximate surface area is 150 Å². The highest BCUT2D eigenvalue weighted by Crippen LogP contribution is 2.21. The number of rotatable bonds is 7. The smallest absolute Gasteiger partial charge is 0.263 e. The molecule has 2 rings (SSSR count). The molecule has 1 N–H and O–H groups in total. The second kappa shape index (κ2) is 10.5. The van der Waals surface area contributed by atoms with E-state index in [1.807, 2.05) is 11.8 Å². The number of carbonyl (C=O) groups is 1. The summed E-state index contributed by atoms with van der Waals surface area (Å²) in [5.74, 6) is 0.321. The van der Waals surface area contributed by atoms with Gasteiger partial charge in [-0.25, -0.2) is 4.39 Å². The van der Waals surface area contributed by atoms with Crippen LogP contribution in [0.2, 0.25) is 0 Å². The summed E-state index contributed by atoms with van der Waals surface area (Å²) < 4.78 is 19.3. The van der Waals surface area contributed by atoms with Crippen LogP contribution in [0.15, 0.2) is 24.3 Å². The standard InChI is InChI=1S/C18H27FN2O2.ClH/c1-3-16(23-17-8-6-5-7-15(17)19)18(22)21-11-9-14(10-12-21)13-20-4-2;/h5-8,14,16,20H,3-4,9-13H2,1-2H3;1H. The summed E-state index contributed by atoms with van der Waals surface area (Å²) in [5.41, 5.74) is 0. The van der Waals surface area contributed by atoms with E-state index in [0.717, 1.165) is 39.0 Å². The fraction of sp³-hybridized carbons (Fsp3) is 0.611. The quantitative estimate of drug-likeness (QED) is 0.813. The lowest BCUT2D eigenvalue weighted by atomic mass is 9.96. The molecular weight excluding hydrogens is 331 g/mol. The fourth-order valence-electron chi connectivity index (χ4n) is 2.91. The highest BCUT2D eigenvalue weighted by atomic mass is 35.5. The van der Waals surface area contributed by atoms with E-state index in [9.17, 15) is 9.18 Å². The van der Waals surface area contributed by atoms with Gasteiger partial charge in [-0.1, -0.05) is 26.0 Å². The second-order valence-electron chi connectivity index (χ2n) is 6.02. The van der Waals surface area contributed by atoms with Gasteiger partial charge in [-0.3, -0.25) is 4.79 Å². The van der Waals surface area contributed by atoms with Gasteiger partial charge in [0.25, 0.3) is 5.91 Å². The van der Waals surface area contributed by atoms with Gasteiger partial charge in [-0.05, 0) is 50.4 Å². The molecule has 1 aromatic carbocycles. The van der Waals surface area contributed by atoms with E-state index < -0.39 is 11.9 Å². The lowest BCUT2D eigenvalue weighted by Gasteiger charge is -2.34. The third-order valence-electron chi connectivity index (χ3n) is 4.36. The number of halogens is 2. The number of likely N-dealkylation sites (tertiary alicyclic amines) is 1. The number of carbonyl (C=O) groups excluding carboxylic acids is 1. The first-order valence-electron chi connectivity index (χ1n) is 8.56. The van der Waals surface area contributed by atoms with Crippen molar-refractivity contribution in [3.05, 3.63) is 30.1 Å². The van der Waals surface area contributed by atoms with Crippen LogP contribution in [0.4, 0.5) is 4.39 Å². The summed E-state index contributed by atoms with van der Waals surface area (Å²) in [6.45, 7) is 7.50. The molecule has 1 heterocycles. The van der Waals surface area contributed by atoms with Gasteiger partial charge in [-0.15, -0.1) is 12.4 Å². The third-order valence-corrected chi connectivity index (χ3v) is 4.36. The maximum absolute atomic E-state index is 13.7.